The summed E-state index contributed by atoms with van der Waals surface area (Å²) in [5, 5.41) is 0. The summed E-state index contributed by atoms with van der Waals surface area (Å²) in [5.74, 6) is -0.0290. The average Bonchev–Trinajstić information content (AvgIpc) is 2.80. The van der Waals surface area contributed by atoms with E-state index >= 15 is 0 Å². The maximum Gasteiger partial charge on any atom is 0.126 e. The van der Waals surface area contributed by atoms with Crippen LogP contribution in [0.5, 0.6) is 0 Å². The van der Waals surface area contributed by atoms with Crippen molar-refractivity contribution in [2.75, 3.05) is 0 Å². The quantitative estimate of drug-likeness (QED) is 0.678. The zero-order chi connectivity index (χ0) is 13.6. The van der Waals surface area contributed by atoms with Gasteiger partial charge in [-0.05, 0) is 79.5 Å². The molecule has 0 atom stereocenters. The Labute approximate surface area is 114 Å². The Bertz CT molecular complexity index is 630. The van der Waals surface area contributed by atoms with Gasteiger partial charge in [0.15, 0.2) is 0 Å². The summed E-state index contributed by atoms with van der Waals surface area (Å²) in [6.45, 7) is 6.43. The van der Waals surface area contributed by atoms with Crippen LogP contribution in [-0.4, -0.2) is 0 Å². The molecule has 2 aromatic carbocycles. The number of hydrogen-bond acceptors (Lipinski definition) is 0. The third kappa shape index (κ3) is 1.98. The third-order valence-corrected chi connectivity index (χ3v) is 4.17. The second-order valence-corrected chi connectivity index (χ2v) is 5.68. The highest BCUT2D eigenvalue weighted by Gasteiger charge is 2.21. The zero-order valence-corrected chi connectivity index (χ0v) is 11.8. The molecule has 0 saturated carbocycles. The number of halogens is 1. The second kappa shape index (κ2) is 4.48. The molecule has 0 N–H and O–H groups in total. The SMILES string of the molecule is Cc1cc(C)c(-c2ccc(F)c3c2CCC3)c(C)c1. The van der Waals surface area contributed by atoms with Crippen molar-refractivity contribution < 1.29 is 4.39 Å². The first kappa shape index (κ1) is 12.4. The maximum absolute atomic E-state index is 13.9. The fourth-order valence-electron chi connectivity index (χ4n) is 3.50. The predicted molar refractivity (Wildman–Crippen MR) is 78.1 cm³/mol. The minimum absolute atomic E-state index is 0.0290. The summed E-state index contributed by atoms with van der Waals surface area (Å²) in [6.07, 6.45) is 2.97. The van der Waals surface area contributed by atoms with E-state index < -0.39 is 0 Å². The van der Waals surface area contributed by atoms with Crippen molar-refractivity contribution in [3.8, 4) is 11.1 Å². The number of rotatable bonds is 1. The molecule has 19 heavy (non-hydrogen) atoms. The molecule has 2 aromatic rings. The highest BCUT2D eigenvalue weighted by molar-refractivity contribution is 5.75. The van der Waals surface area contributed by atoms with Crippen LogP contribution in [0.1, 0.15) is 34.2 Å². The van der Waals surface area contributed by atoms with E-state index in [1.807, 2.05) is 6.07 Å². The molecule has 0 heterocycles. The molecular weight excluding hydrogens is 235 g/mol. The molecule has 0 nitrogen and oxygen atoms in total. The monoisotopic (exact) mass is 254 g/mol. The van der Waals surface area contributed by atoms with Crippen LogP contribution in [0.15, 0.2) is 24.3 Å². The molecule has 1 heteroatoms. The van der Waals surface area contributed by atoms with Crippen LogP contribution >= 0.6 is 0 Å². The lowest BCUT2D eigenvalue weighted by Gasteiger charge is -2.15. The van der Waals surface area contributed by atoms with Gasteiger partial charge in [-0.1, -0.05) is 23.8 Å². The van der Waals surface area contributed by atoms with E-state index in [4.69, 9.17) is 0 Å². The minimum atomic E-state index is -0.0290. The molecule has 0 aliphatic heterocycles. The maximum atomic E-state index is 13.9. The van der Waals surface area contributed by atoms with E-state index in [1.54, 1.807) is 6.07 Å². The molecular formula is C18H19F. The summed E-state index contributed by atoms with van der Waals surface area (Å²) < 4.78 is 13.9. The van der Waals surface area contributed by atoms with Gasteiger partial charge >= 0.3 is 0 Å². The summed E-state index contributed by atoms with van der Waals surface area (Å²) >= 11 is 0. The lowest BCUT2D eigenvalue weighted by Crippen LogP contribution is -1.97. The van der Waals surface area contributed by atoms with Crippen LogP contribution in [-0.2, 0) is 12.8 Å². The zero-order valence-electron chi connectivity index (χ0n) is 11.8. The first-order valence-electron chi connectivity index (χ1n) is 6.96. The Morgan fingerprint density at radius 1 is 0.895 bits per heavy atom. The van der Waals surface area contributed by atoms with E-state index in [0.717, 1.165) is 24.8 Å². The van der Waals surface area contributed by atoms with Gasteiger partial charge in [0.1, 0.15) is 5.82 Å². The topological polar surface area (TPSA) is 0 Å². The van der Waals surface area contributed by atoms with Gasteiger partial charge in [0.25, 0.3) is 0 Å². The van der Waals surface area contributed by atoms with Gasteiger partial charge in [-0.2, -0.15) is 0 Å². The third-order valence-electron chi connectivity index (χ3n) is 4.17. The minimum Gasteiger partial charge on any atom is -0.207 e. The Balaban J connectivity index is 2.27. The Morgan fingerprint density at radius 3 is 2.21 bits per heavy atom. The van der Waals surface area contributed by atoms with Gasteiger partial charge in [-0.15, -0.1) is 0 Å². The van der Waals surface area contributed by atoms with E-state index in [1.165, 1.54) is 33.4 Å². The summed E-state index contributed by atoms with van der Waals surface area (Å²) in [4.78, 5) is 0. The fraction of sp³-hybridized carbons (Fsp3) is 0.333. The van der Waals surface area contributed by atoms with Gasteiger partial charge in [0.05, 0.1) is 0 Å². The molecule has 0 spiro atoms. The molecule has 0 amide bonds. The van der Waals surface area contributed by atoms with Crippen LogP contribution < -0.4 is 0 Å². The average molecular weight is 254 g/mol. The highest BCUT2D eigenvalue weighted by Crippen LogP contribution is 2.37. The largest absolute Gasteiger partial charge is 0.207 e. The smallest absolute Gasteiger partial charge is 0.126 e. The van der Waals surface area contributed by atoms with Crippen LogP contribution in [0.2, 0.25) is 0 Å². The van der Waals surface area contributed by atoms with E-state index in [0.29, 0.717) is 0 Å². The highest BCUT2D eigenvalue weighted by atomic mass is 19.1. The van der Waals surface area contributed by atoms with Crippen molar-refractivity contribution >= 4 is 0 Å². The van der Waals surface area contributed by atoms with Crippen LogP contribution in [0.3, 0.4) is 0 Å². The van der Waals surface area contributed by atoms with Crippen molar-refractivity contribution in [1.29, 1.82) is 0 Å². The lowest BCUT2D eigenvalue weighted by molar-refractivity contribution is 0.613. The standard InChI is InChI=1S/C18H19F/c1-11-9-12(2)18(13(3)10-11)16-7-8-17(19)15-6-4-5-14(15)16/h7-10H,4-6H2,1-3H3. The van der Waals surface area contributed by atoms with E-state index in [2.05, 4.69) is 32.9 Å². The van der Waals surface area contributed by atoms with Crippen molar-refractivity contribution in [3.63, 3.8) is 0 Å². The van der Waals surface area contributed by atoms with Gasteiger partial charge < -0.3 is 0 Å². The Morgan fingerprint density at radius 2 is 1.53 bits per heavy atom. The van der Waals surface area contributed by atoms with Crippen molar-refractivity contribution in [2.45, 2.75) is 40.0 Å². The molecule has 0 aromatic heterocycles. The normalized spacial score (nSPS) is 13.7. The van der Waals surface area contributed by atoms with E-state index in [9.17, 15) is 4.39 Å². The first-order valence-corrected chi connectivity index (χ1v) is 6.96. The molecule has 3 rings (SSSR count). The van der Waals surface area contributed by atoms with Gasteiger partial charge in [-0.3, -0.25) is 0 Å². The Kier molecular flexibility index (Phi) is 2.93. The van der Waals surface area contributed by atoms with E-state index in [-0.39, 0.29) is 5.82 Å². The molecule has 0 fully saturated rings. The summed E-state index contributed by atoms with van der Waals surface area (Å²) in [5.41, 5.74) is 8.58. The lowest BCUT2D eigenvalue weighted by atomic mass is 9.89. The van der Waals surface area contributed by atoms with Gasteiger partial charge in [0, 0.05) is 0 Å². The van der Waals surface area contributed by atoms with Crippen molar-refractivity contribution in [1.82, 2.24) is 0 Å². The van der Waals surface area contributed by atoms with Crippen molar-refractivity contribution in [2.24, 2.45) is 0 Å². The molecule has 1 aliphatic carbocycles. The molecule has 0 bridgehead atoms. The van der Waals surface area contributed by atoms with Crippen LogP contribution in [0.4, 0.5) is 4.39 Å². The Hall–Kier alpha value is -1.63. The molecule has 0 radical (unpaired) electrons. The summed E-state index contributed by atoms with van der Waals surface area (Å²) in [7, 11) is 0. The molecule has 0 unspecified atom stereocenters. The fourth-order valence-corrected chi connectivity index (χ4v) is 3.50. The van der Waals surface area contributed by atoms with Crippen LogP contribution in [0.25, 0.3) is 11.1 Å². The number of aryl methyl sites for hydroxylation is 3. The first-order chi connectivity index (χ1) is 9.08. The summed E-state index contributed by atoms with van der Waals surface area (Å²) in [6, 6.07) is 8.03. The molecule has 0 saturated heterocycles. The van der Waals surface area contributed by atoms with Gasteiger partial charge in [0.2, 0.25) is 0 Å². The molecule has 1 aliphatic rings. The van der Waals surface area contributed by atoms with Crippen LogP contribution in [0, 0.1) is 26.6 Å². The predicted octanol–water partition coefficient (Wildman–Crippen LogP) is 4.91. The van der Waals surface area contributed by atoms with Gasteiger partial charge in [-0.25, -0.2) is 4.39 Å². The number of fused-ring (bicyclic) bond motifs is 1. The second-order valence-electron chi connectivity index (χ2n) is 5.68. The van der Waals surface area contributed by atoms with Crippen molar-refractivity contribution in [3.05, 3.63) is 57.9 Å². The number of benzene rings is 2. The number of hydrogen-bond donors (Lipinski definition) is 0. The molecule has 98 valence electrons.